The number of halogens is 1. The van der Waals surface area contributed by atoms with Gasteiger partial charge in [0.1, 0.15) is 5.54 Å². The summed E-state index contributed by atoms with van der Waals surface area (Å²) in [6.07, 6.45) is 16.8. The summed E-state index contributed by atoms with van der Waals surface area (Å²) < 4.78 is 0. The Kier molecular flexibility index (Phi) is 7.29. The van der Waals surface area contributed by atoms with Crippen molar-refractivity contribution in [3.8, 4) is 0 Å². The Morgan fingerprint density at radius 1 is 1.06 bits per heavy atom. The van der Waals surface area contributed by atoms with E-state index in [-0.39, 0.29) is 5.91 Å². The highest BCUT2D eigenvalue weighted by Gasteiger charge is 2.48. The largest absolute Gasteiger partial charge is 0.369 e. The second-order valence-corrected chi connectivity index (χ2v) is 11.6. The highest BCUT2D eigenvalue weighted by molar-refractivity contribution is 6.31. The zero-order chi connectivity index (χ0) is 24.4. The Labute approximate surface area is 213 Å². The molecule has 35 heavy (non-hydrogen) atoms. The van der Waals surface area contributed by atoms with Crippen molar-refractivity contribution >= 4 is 34.5 Å². The van der Waals surface area contributed by atoms with Gasteiger partial charge in [-0.1, -0.05) is 63.0 Å². The topological polar surface area (TPSA) is 84.5 Å². The molecule has 2 N–H and O–H groups in total. The van der Waals surface area contributed by atoms with E-state index in [0.717, 1.165) is 61.2 Å². The van der Waals surface area contributed by atoms with Crippen LogP contribution in [0.25, 0.3) is 11.0 Å². The van der Waals surface area contributed by atoms with E-state index in [1.54, 1.807) is 11.9 Å². The SMILES string of the molecule is CN1C(=O)[C@](CCC2CCCCC2)(C[C@H]2CCCC(Cc3cnc4cc(Cl)ccc4n3)C2)N=C1N. The molecule has 1 unspecified atom stereocenters. The summed E-state index contributed by atoms with van der Waals surface area (Å²) in [5, 5.41) is 0.683. The van der Waals surface area contributed by atoms with Crippen molar-refractivity contribution in [1.29, 1.82) is 0 Å². The summed E-state index contributed by atoms with van der Waals surface area (Å²) in [6.45, 7) is 0. The van der Waals surface area contributed by atoms with Crippen LogP contribution in [-0.2, 0) is 11.2 Å². The number of likely N-dealkylation sites (N-methyl/N-ethyl adjacent to an activating group) is 1. The van der Waals surface area contributed by atoms with Gasteiger partial charge in [0.05, 0.1) is 16.7 Å². The lowest BCUT2D eigenvalue weighted by molar-refractivity contribution is -0.131. The van der Waals surface area contributed by atoms with E-state index in [4.69, 9.17) is 27.3 Å². The van der Waals surface area contributed by atoms with Crippen LogP contribution in [0.4, 0.5) is 0 Å². The zero-order valence-electron chi connectivity index (χ0n) is 20.9. The number of nitrogens with two attached hydrogens (primary N) is 1. The molecule has 6 nitrogen and oxygen atoms in total. The number of carbonyl (C=O) groups is 1. The number of hydrogen-bond donors (Lipinski definition) is 1. The van der Waals surface area contributed by atoms with E-state index in [1.165, 1.54) is 44.9 Å². The lowest BCUT2D eigenvalue weighted by Crippen LogP contribution is -2.44. The number of benzene rings is 1. The molecule has 2 heterocycles. The van der Waals surface area contributed by atoms with Crippen LogP contribution in [0.1, 0.15) is 82.7 Å². The third kappa shape index (κ3) is 5.47. The molecular formula is C28H38ClN5O. The Morgan fingerprint density at radius 2 is 1.83 bits per heavy atom. The molecule has 1 amide bonds. The average Bonchev–Trinajstić information content (AvgIpc) is 3.07. The highest BCUT2D eigenvalue weighted by Crippen LogP contribution is 2.42. The van der Waals surface area contributed by atoms with Gasteiger partial charge < -0.3 is 5.73 Å². The number of carbonyl (C=O) groups excluding carboxylic acids is 1. The first kappa shape index (κ1) is 24.5. The van der Waals surface area contributed by atoms with Crippen molar-refractivity contribution in [3.63, 3.8) is 0 Å². The number of nitrogens with zero attached hydrogens (tertiary/aromatic N) is 4. The number of hydrogen-bond acceptors (Lipinski definition) is 5. The molecular weight excluding hydrogens is 458 g/mol. The van der Waals surface area contributed by atoms with Gasteiger partial charge in [0.25, 0.3) is 5.91 Å². The third-order valence-corrected chi connectivity index (χ3v) is 8.87. The van der Waals surface area contributed by atoms with Crippen LogP contribution in [0.2, 0.25) is 5.02 Å². The summed E-state index contributed by atoms with van der Waals surface area (Å²) in [7, 11) is 1.78. The Balaban J connectivity index is 1.26. The Morgan fingerprint density at radius 3 is 2.60 bits per heavy atom. The average molecular weight is 496 g/mol. The predicted molar refractivity (Wildman–Crippen MR) is 141 cm³/mol. The van der Waals surface area contributed by atoms with Crippen molar-refractivity contribution < 1.29 is 4.79 Å². The second kappa shape index (κ2) is 10.4. The third-order valence-electron chi connectivity index (χ3n) is 8.64. The van der Waals surface area contributed by atoms with Crippen molar-refractivity contribution in [3.05, 3.63) is 35.1 Å². The fourth-order valence-corrected chi connectivity index (χ4v) is 6.91. The molecule has 0 radical (unpaired) electrons. The molecule has 1 aliphatic heterocycles. The minimum absolute atomic E-state index is 0.104. The number of aliphatic imine (C=N–C) groups is 1. The summed E-state index contributed by atoms with van der Waals surface area (Å²) in [4.78, 5) is 29.3. The van der Waals surface area contributed by atoms with Crippen LogP contribution in [0.3, 0.4) is 0 Å². The fourth-order valence-electron chi connectivity index (χ4n) is 6.74. The Bertz CT molecular complexity index is 1100. The molecule has 0 bridgehead atoms. The number of aromatic nitrogens is 2. The van der Waals surface area contributed by atoms with E-state index in [1.807, 2.05) is 24.4 Å². The smallest absolute Gasteiger partial charge is 0.257 e. The van der Waals surface area contributed by atoms with Gasteiger partial charge in [-0.25, -0.2) is 9.98 Å². The van der Waals surface area contributed by atoms with Gasteiger partial charge in [0.15, 0.2) is 5.96 Å². The molecule has 7 heteroatoms. The van der Waals surface area contributed by atoms with Gasteiger partial charge >= 0.3 is 0 Å². The molecule has 0 spiro atoms. The summed E-state index contributed by atoms with van der Waals surface area (Å²) in [6, 6.07) is 5.67. The molecule has 0 saturated heterocycles. The standard InChI is InChI=1S/C28H38ClN5O/c1-34-26(35)28(33-27(34)30,13-12-19-6-3-2-4-7-19)17-21-9-5-8-20(14-21)15-23-18-31-25-16-22(29)10-11-24(25)32-23/h10-11,16,18-21H,2-9,12-15,17H2,1H3,(H2,30,33)/t20?,21-,28-/m0/s1. The van der Waals surface area contributed by atoms with Crippen LogP contribution in [0.15, 0.2) is 29.4 Å². The van der Waals surface area contributed by atoms with Gasteiger partial charge in [0.2, 0.25) is 0 Å². The van der Waals surface area contributed by atoms with E-state index < -0.39 is 5.54 Å². The zero-order valence-corrected chi connectivity index (χ0v) is 21.6. The van der Waals surface area contributed by atoms with E-state index in [0.29, 0.717) is 22.8 Å². The monoisotopic (exact) mass is 495 g/mol. The Hall–Kier alpha value is -2.21. The minimum Gasteiger partial charge on any atom is -0.369 e. The van der Waals surface area contributed by atoms with Crippen LogP contribution in [0.5, 0.6) is 0 Å². The van der Waals surface area contributed by atoms with Gasteiger partial charge in [-0.3, -0.25) is 14.7 Å². The molecule has 3 aliphatic rings. The lowest BCUT2D eigenvalue weighted by Gasteiger charge is -2.35. The molecule has 2 aliphatic carbocycles. The quantitative estimate of drug-likeness (QED) is 0.517. The first-order chi connectivity index (χ1) is 16.9. The normalized spacial score (nSPS) is 28.0. The van der Waals surface area contributed by atoms with E-state index in [2.05, 4.69) is 4.98 Å². The maximum atomic E-state index is 13.4. The molecule has 5 rings (SSSR count). The molecule has 3 atom stereocenters. The fraction of sp³-hybridized carbons (Fsp3) is 0.643. The number of guanidine groups is 1. The van der Waals surface area contributed by atoms with Crippen LogP contribution in [0, 0.1) is 17.8 Å². The summed E-state index contributed by atoms with van der Waals surface area (Å²) in [5.41, 5.74) is 8.28. The first-order valence-electron chi connectivity index (χ1n) is 13.5. The second-order valence-electron chi connectivity index (χ2n) is 11.2. The molecule has 1 aromatic carbocycles. The van der Waals surface area contributed by atoms with E-state index >= 15 is 0 Å². The van der Waals surface area contributed by atoms with Gasteiger partial charge in [-0.05, 0) is 68.1 Å². The van der Waals surface area contributed by atoms with Crippen LogP contribution >= 0.6 is 11.6 Å². The number of amides is 1. The highest BCUT2D eigenvalue weighted by atomic mass is 35.5. The first-order valence-corrected chi connectivity index (χ1v) is 13.8. The molecule has 188 valence electrons. The van der Waals surface area contributed by atoms with Crippen molar-refractivity contribution in [2.24, 2.45) is 28.5 Å². The van der Waals surface area contributed by atoms with Crippen molar-refractivity contribution in [2.75, 3.05) is 7.05 Å². The summed E-state index contributed by atoms with van der Waals surface area (Å²) >= 11 is 6.09. The molecule has 2 fully saturated rings. The molecule has 1 aromatic heterocycles. The van der Waals surface area contributed by atoms with Crippen molar-refractivity contribution in [2.45, 2.75) is 89.0 Å². The minimum atomic E-state index is -0.662. The lowest BCUT2D eigenvalue weighted by atomic mass is 9.72. The van der Waals surface area contributed by atoms with Gasteiger partial charge in [-0.15, -0.1) is 0 Å². The van der Waals surface area contributed by atoms with Crippen LogP contribution in [-0.4, -0.2) is 39.3 Å². The predicted octanol–water partition coefficient (Wildman–Crippen LogP) is 5.91. The van der Waals surface area contributed by atoms with E-state index in [9.17, 15) is 4.79 Å². The van der Waals surface area contributed by atoms with Crippen molar-refractivity contribution in [1.82, 2.24) is 14.9 Å². The van der Waals surface area contributed by atoms with Gasteiger partial charge in [-0.2, -0.15) is 0 Å². The number of rotatable bonds is 7. The maximum Gasteiger partial charge on any atom is 0.257 e. The van der Waals surface area contributed by atoms with Crippen LogP contribution < -0.4 is 5.73 Å². The van der Waals surface area contributed by atoms with Gasteiger partial charge in [0, 0.05) is 18.3 Å². The summed E-state index contributed by atoms with van der Waals surface area (Å²) in [5.74, 6) is 2.26. The maximum absolute atomic E-state index is 13.4. The molecule has 2 aromatic rings. The number of fused-ring (bicyclic) bond motifs is 1. The molecule has 2 saturated carbocycles.